The van der Waals surface area contributed by atoms with Gasteiger partial charge in [-0.05, 0) is 67.8 Å². The van der Waals surface area contributed by atoms with Crippen molar-refractivity contribution in [3.05, 3.63) is 70.2 Å². The Bertz CT molecular complexity index is 1510. The lowest BCUT2D eigenvalue weighted by Crippen LogP contribution is -2.36. The standard InChI is InChI=1S/C26H20F2N2O3S/c1-14-13-15(3-4-16(14)27)30-18-6-5-17(28)23(31)21(18)22(19-7-8-20(34-19)25(32)33)24(30)26(11-12-29)9-2-10-26/h3-8,13,31H,2,9-11H2,1H3,(H,32,33). The van der Waals surface area contributed by atoms with Crippen molar-refractivity contribution >= 4 is 28.2 Å². The van der Waals surface area contributed by atoms with Gasteiger partial charge in [-0.3, -0.25) is 0 Å². The van der Waals surface area contributed by atoms with Crippen LogP contribution >= 0.6 is 11.3 Å². The molecule has 0 unspecified atom stereocenters. The molecule has 0 amide bonds. The van der Waals surface area contributed by atoms with Crippen LogP contribution in [0.4, 0.5) is 8.78 Å². The molecule has 2 aromatic carbocycles. The van der Waals surface area contributed by atoms with Crippen molar-refractivity contribution < 1.29 is 23.8 Å². The van der Waals surface area contributed by atoms with Gasteiger partial charge in [-0.2, -0.15) is 5.26 Å². The van der Waals surface area contributed by atoms with E-state index in [4.69, 9.17) is 0 Å². The van der Waals surface area contributed by atoms with Crippen LogP contribution in [0.2, 0.25) is 0 Å². The Hall–Kier alpha value is -3.70. The second-order valence-corrected chi connectivity index (χ2v) is 9.80. The summed E-state index contributed by atoms with van der Waals surface area (Å²) in [7, 11) is 0. The molecule has 2 N–H and O–H groups in total. The minimum absolute atomic E-state index is 0.110. The molecule has 1 aliphatic carbocycles. The van der Waals surface area contributed by atoms with Gasteiger partial charge in [-0.15, -0.1) is 11.3 Å². The highest BCUT2D eigenvalue weighted by molar-refractivity contribution is 7.17. The summed E-state index contributed by atoms with van der Waals surface area (Å²) in [5.74, 6) is -2.79. The number of carbonyl (C=O) groups is 1. The molecule has 8 heteroatoms. The quantitative estimate of drug-likeness (QED) is 0.335. The molecule has 34 heavy (non-hydrogen) atoms. The number of fused-ring (bicyclic) bond motifs is 1. The van der Waals surface area contributed by atoms with E-state index in [1.807, 2.05) is 4.57 Å². The molecule has 1 aliphatic rings. The van der Waals surface area contributed by atoms with Crippen molar-refractivity contribution in [1.82, 2.24) is 4.57 Å². The lowest BCUT2D eigenvalue weighted by molar-refractivity contribution is 0.0702. The van der Waals surface area contributed by atoms with Crippen LogP contribution in [0.3, 0.4) is 0 Å². The van der Waals surface area contributed by atoms with Gasteiger partial charge in [0.2, 0.25) is 0 Å². The number of halogens is 2. The maximum absolute atomic E-state index is 14.6. The molecule has 2 aromatic heterocycles. The van der Waals surface area contributed by atoms with Crippen molar-refractivity contribution in [2.45, 2.75) is 38.0 Å². The molecule has 0 aliphatic heterocycles. The largest absolute Gasteiger partial charge is 0.504 e. The van der Waals surface area contributed by atoms with Crippen LogP contribution in [0, 0.1) is 29.9 Å². The van der Waals surface area contributed by atoms with Gasteiger partial charge in [0.1, 0.15) is 10.7 Å². The summed E-state index contributed by atoms with van der Waals surface area (Å²) in [4.78, 5) is 12.3. The van der Waals surface area contributed by atoms with Gasteiger partial charge in [0.25, 0.3) is 0 Å². The minimum Gasteiger partial charge on any atom is -0.504 e. The van der Waals surface area contributed by atoms with Crippen LogP contribution in [0.25, 0.3) is 27.0 Å². The number of nitrogens with zero attached hydrogens (tertiary/aromatic N) is 2. The zero-order valence-corrected chi connectivity index (χ0v) is 19.0. The Balaban J connectivity index is 1.97. The number of aromatic hydroxyl groups is 1. The fourth-order valence-electron chi connectivity index (χ4n) is 4.96. The number of aromatic nitrogens is 1. The lowest BCUT2D eigenvalue weighted by atomic mass is 9.63. The number of phenols is 1. The van der Waals surface area contributed by atoms with Gasteiger partial charge >= 0.3 is 5.97 Å². The average molecular weight is 479 g/mol. The Kier molecular flexibility index (Phi) is 5.18. The Labute approximate surface area is 198 Å². The van der Waals surface area contributed by atoms with E-state index in [1.54, 1.807) is 31.2 Å². The smallest absolute Gasteiger partial charge is 0.345 e. The minimum atomic E-state index is -1.08. The predicted octanol–water partition coefficient (Wildman–Crippen LogP) is 6.68. The number of rotatable bonds is 5. The zero-order chi connectivity index (χ0) is 24.2. The fourth-order valence-corrected chi connectivity index (χ4v) is 5.85. The molecule has 4 aromatic rings. The van der Waals surface area contributed by atoms with Gasteiger partial charge in [0.05, 0.1) is 17.0 Å². The number of benzene rings is 2. The van der Waals surface area contributed by atoms with E-state index in [1.165, 1.54) is 18.2 Å². The van der Waals surface area contributed by atoms with E-state index >= 15 is 0 Å². The number of phenolic OH excluding ortho intramolecular Hbond substituents is 1. The van der Waals surface area contributed by atoms with E-state index in [0.29, 0.717) is 45.7 Å². The van der Waals surface area contributed by atoms with E-state index in [0.717, 1.165) is 17.8 Å². The molecule has 172 valence electrons. The zero-order valence-electron chi connectivity index (χ0n) is 18.2. The van der Waals surface area contributed by atoms with Crippen molar-refractivity contribution in [3.8, 4) is 27.9 Å². The molecule has 1 saturated carbocycles. The third kappa shape index (κ3) is 3.19. The maximum Gasteiger partial charge on any atom is 0.345 e. The number of carboxylic acid groups (broad SMARTS) is 1. The monoisotopic (exact) mass is 478 g/mol. The van der Waals surface area contributed by atoms with E-state index < -0.39 is 23.0 Å². The first kappa shape index (κ1) is 22.1. The summed E-state index contributed by atoms with van der Waals surface area (Å²) < 4.78 is 30.6. The molecule has 5 nitrogen and oxygen atoms in total. The fraction of sp³-hybridized carbons (Fsp3) is 0.231. The molecular weight excluding hydrogens is 458 g/mol. The first-order chi connectivity index (χ1) is 16.3. The highest BCUT2D eigenvalue weighted by Gasteiger charge is 2.45. The molecule has 1 fully saturated rings. The highest BCUT2D eigenvalue weighted by atomic mass is 32.1. The molecular formula is C26H20F2N2O3S. The third-order valence-corrected chi connectivity index (χ3v) is 7.84. The number of aryl methyl sites for hydroxylation is 1. The molecule has 0 radical (unpaired) electrons. The van der Waals surface area contributed by atoms with Gasteiger partial charge < -0.3 is 14.8 Å². The van der Waals surface area contributed by atoms with Crippen LogP contribution in [0.1, 0.15) is 46.6 Å². The van der Waals surface area contributed by atoms with Crippen molar-refractivity contribution in [3.63, 3.8) is 0 Å². The predicted molar refractivity (Wildman–Crippen MR) is 126 cm³/mol. The van der Waals surface area contributed by atoms with E-state index in [9.17, 15) is 29.1 Å². The van der Waals surface area contributed by atoms with Crippen LogP contribution in [-0.2, 0) is 5.41 Å². The van der Waals surface area contributed by atoms with E-state index in [2.05, 4.69) is 6.07 Å². The van der Waals surface area contributed by atoms with Crippen molar-refractivity contribution in [2.75, 3.05) is 0 Å². The van der Waals surface area contributed by atoms with Gasteiger partial charge in [-0.25, -0.2) is 13.6 Å². The number of hydrogen-bond acceptors (Lipinski definition) is 4. The summed E-state index contributed by atoms with van der Waals surface area (Å²) in [6.07, 6.45) is 2.53. The SMILES string of the molecule is Cc1cc(-n2c(C3(CC#N)CCC3)c(-c3ccc(C(=O)O)s3)c3c(O)c(F)ccc32)ccc1F. The highest BCUT2D eigenvalue weighted by Crippen LogP contribution is 2.55. The number of thiophene rings is 1. The average Bonchev–Trinajstić information content (AvgIpc) is 3.39. The van der Waals surface area contributed by atoms with Crippen molar-refractivity contribution in [1.29, 1.82) is 5.26 Å². The molecule has 0 bridgehead atoms. The van der Waals surface area contributed by atoms with E-state index in [-0.39, 0.29) is 22.5 Å². The molecule has 0 spiro atoms. The Morgan fingerprint density at radius 3 is 2.50 bits per heavy atom. The summed E-state index contributed by atoms with van der Waals surface area (Å²) in [6.45, 7) is 1.65. The number of aromatic carboxylic acids is 1. The summed E-state index contributed by atoms with van der Waals surface area (Å²) in [5.41, 5.74) is 2.20. The summed E-state index contributed by atoms with van der Waals surface area (Å²) in [5, 5.41) is 30.3. The second kappa shape index (κ2) is 7.96. The summed E-state index contributed by atoms with van der Waals surface area (Å²) >= 11 is 1.03. The number of carboxylic acids is 1. The molecule has 0 saturated heterocycles. The molecule has 0 atom stereocenters. The normalized spacial score (nSPS) is 14.6. The maximum atomic E-state index is 14.6. The van der Waals surface area contributed by atoms with Gasteiger partial charge in [0, 0.05) is 33.7 Å². The second-order valence-electron chi connectivity index (χ2n) is 8.72. The molecule has 5 rings (SSSR count). The Morgan fingerprint density at radius 1 is 1.18 bits per heavy atom. The van der Waals surface area contributed by atoms with Crippen LogP contribution in [-0.4, -0.2) is 20.7 Å². The first-order valence-electron chi connectivity index (χ1n) is 10.8. The van der Waals surface area contributed by atoms with Gasteiger partial charge in [-0.1, -0.05) is 6.42 Å². The van der Waals surface area contributed by atoms with Crippen LogP contribution in [0.5, 0.6) is 5.75 Å². The third-order valence-electron chi connectivity index (χ3n) is 6.75. The topological polar surface area (TPSA) is 86.2 Å². The van der Waals surface area contributed by atoms with Crippen LogP contribution in [0.15, 0.2) is 42.5 Å². The van der Waals surface area contributed by atoms with Crippen LogP contribution < -0.4 is 0 Å². The Morgan fingerprint density at radius 2 is 1.91 bits per heavy atom. The summed E-state index contributed by atoms with van der Waals surface area (Å²) in [6, 6.07) is 12.8. The lowest BCUT2D eigenvalue weighted by Gasteiger charge is -2.42. The number of hydrogen-bond donors (Lipinski definition) is 2. The van der Waals surface area contributed by atoms with Gasteiger partial charge in [0.15, 0.2) is 11.6 Å². The number of nitriles is 1. The molecule has 2 heterocycles. The van der Waals surface area contributed by atoms with Crippen molar-refractivity contribution in [2.24, 2.45) is 0 Å². The first-order valence-corrected chi connectivity index (χ1v) is 11.6.